The molecule has 2 aromatic rings. The molecule has 0 aliphatic rings. The fourth-order valence-corrected chi connectivity index (χ4v) is 1.85. The molecule has 5 nitrogen and oxygen atoms in total. The van der Waals surface area contributed by atoms with Crippen LogP contribution in [0.5, 0.6) is 0 Å². The summed E-state index contributed by atoms with van der Waals surface area (Å²) in [5.74, 6) is 2.51. The Kier molecular flexibility index (Phi) is 4.26. The average Bonchev–Trinajstić information content (AvgIpc) is 2.43. The SMILES string of the molecule is NNc1ncc(Br)cc1C(=O)Nc1cccc(F)c1F. The minimum absolute atomic E-state index is 0.0885. The van der Waals surface area contributed by atoms with Gasteiger partial charge in [0.05, 0.1) is 11.3 Å². The number of hydrogen-bond acceptors (Lipinski definition) is 4. The molecule has 0 fully saturated rings. The highest BCUT2D eigenvalue weighted by atomic mass is 79.9. The van der Waals surface area contributed by atoms with Crippen LogP contribution in [-0.2, 0) is 0 Å². The lowest BCUT2D eigenvalue weighted by Gasteiger charge is -2.10. The van der Waals surface area contributed by atoms with Crippen molar-refractivity contribution in [1.82, 2.24) is 4.98 Å². The number of halogens is 3. The quantitative estimate of drug-likeness (QED) is 0.591. The Labute approximate surface area is 121 Å². The Hall–Kier alpha value is -2.06. The van der Waals surface area contributed by atoms with Crippen LogP contribution in [0.15, 0.2) is 34.9 Å². The molecule has 0 unspecified atom stereocenters. The Morgan fingerprint density at radius 1 is 1.35 bits per heavy atom. The summed E-state index contributed by atoms with van der Waals surface area (Å²) in [4.78, 5) is 15.9. The van der Waals surface area contributed by atoms with E-state index in [4.69, 9.17) is 5.84 Å². The van der Waals surface area contributed by atoms with Crippen molar-refractivity contribution in [2.24, 2.45) is 5.84 Å². The van der Waals surface area contributed by atoms with Gasteiger partial charge in [-0.3, -0.25) is 4.79 Å². The van der Waals surface area contributed by atoms with Gasteiger partial charge in [-0.2, -0.15) is 0 Å². The highest BCUT2D eigenvalue weighted by molar-refractivity contribution is 9.10. The van der Waals surface area contributed by atoms with Gasteiger partial charge in [0.2, 0.25) is 0 Å². The lowest BCUT2D eigenvalue weighted by Crippen LogP contribution is -2.19. The van der Waals surface area contributed by atoms with Crippen LogP contribution < -0.4 is 16.6 Å². The number of hydrogen-bond donors (Lipinski definition) is 3. The number of nitrogens with two attached hydrogens (primary N) is 1. The molecule has 20 heavy (non-hydrogen) atoms. The van der Waals surface area contributed by atoms with Crippen molar-refractivity contribution < 1.29 is 13.6 Å². The van der Waals surface area contributed by atoms with E-state index >= 15 is 0 Å². The van der Waals surface area contributed by atoms with E-state index in [1.165, 1.54) is 24.4 Å². The van der Waals surface area contributed by atoms with Crippen LogP contribution in [0.3, 0.4) is 0 Å². The van der Waals surface area contributed by atoms with Crippen LogP contribution in [0.2, 0.25) is 0 Å². The van der Waals surface area contributed by atoms with Gasteiger partial charge < -0.3 is 10.7 Å². The van der Waals surface area contributed by atoms with Crippen molar-refractivity contribution in [2.45, 2.75) is 0 Å². The molecule has 1 amide bonds. The maximum absolute atomic E-state index is 13.5. The van der Waals surface area contributed by atoms with Gasteiger partial charge in [0.1, 0.15) is 0 Å². The number of aromatic nitrogens is 1. The van der Waals surface area contributed by atoms with Crippen molar-refractivity contribution in [3.63, 3.8) is 0 Å². The van der Waals surface area contributed by atoms with E-state index in [0.29, 0.717) is 4.47 Å². The number of nitrogens with one attached hydrogen (secondary N) is 2. The minimum Gasteiger partial charge on any atom is -0.319 e. The van der Waals surface area contributed by atoms with E-state index in [1.807, 2.05) is 0 Å². The molecule has 0 spiro atoms. The van der Waals surface area contributed by atoms with Crippen molar-refractivity contribution >= 4 is 33.3 Å². The van der Waals surface area contributed by atoms with Crippen LogP contribution in [0.25, 0.3) is 0 Å². The van der Waals surface area contributed by atoms with E-state index in [0.717, 1.165) is 6.07 Å². The maximum atomic E-state index is 13.5. The van der Waals surface area contributed by atoms with E-state index in [9.17, 15) is 13.6 Å². The highest BCUT2D eigenvalue weighted by Crippen LogP contribution is 2.21. The first-order valence-corrected chi connectivity index (χ1v) is 6.19. The Bertz CT molecular complexity index is 666. The molecule has 1 aromatic heterocycles. The number of carbonyl (C=O) groups is 1. The van der Waals surface area contributed by atoms with Crippen molar-refractivity contribution in [2.75, 3.05) is 10.7 Å². The van der Waals surface area contributed by atoms with Crippen LogP contribution in [0.1, 0.15) is 10.4 Å². The summed E-state index contributed by atoms with van der Waals surface area (Å²) in [5.41, 5.74) is 2.08. The molecule has 104 valence electrons. The number of nitrogens with zero attached hydrogens (tertiary/aromatic N) is 1. The Morgan fingerprint density at radius 2 is 2.10 bits per heavy atom. The van der Waals surface area contributed by atoms with E-state index in [1.54, 1.807) is 0 Å². The van der Waals surface area contributed by atoms with Gasteiger partial charge in [-0.25, -0.2) is 19.6 Å². The monoisotopic (exact) mass is 342 g/mol. The predicted molar refractivity (Wildman–Crippen MR) is 74.1 cm³/mol. The number of nitrogen functional groups attached to an aromatic ring is 1. The number of carbonyl (C=O) groups excluding carboxylic acids is 1. The number of amides is 1. The van der Waals surface area contributed by atoms with Crippen molar-refractivity contribution in [3.05, 3.63) is 52.1 Å². The largest absolute Gasteiger partial charge is 0.319 e. The van der Waals surface area contributed by atoms with Gasteiger partial charge in [0.15, 0.2) is 17.5 Å². The van der Waals surface area contributed by atoms with Crippen molar-refractivity contribution in [1.29, 1.82) is 0 Å². The summed E-state index contributed by atoms with van der Waals surface area (Å²) in [7, 11) is 0. The third-order valence-corrected chi connectivity index (χ3v) is 2.87. The maximum Gasteiger partial charge on any atom is 0.259 e. The molecule has 1 aromatic carbocycles. The zero-order valence-corrected chi connectivity index (χ0v) is 11.5. The fourth-order valence-electron chi connectivity index (χ4n) is 1.52. The lowest BCUT2D eigenvalue weighted by atomic mass is 10.2. The van der Waals surface area contributed by atoms with E-state index in [-0.39, 0.29) is 17.1 Å². The number of anilines is 2. The molecule has 1 heterocycles. The molecule has 0 saturated carbocycles. The normalized spacial score (nSPS) is 10.2. The number of pyridine rings is 1. The van der Waals surface area contributed by atoms with Crippen LogP contribution >= 0.6 is 15.9 Å². The Morgan fingerprint density at radius 3 is 2.80 bits per heavy atom. The minimum atomic E-state index is -1.13. The van der Waals surface area contributed by atoms with Crippen LogP contribution in [-0.4, -0.2) is 10.9 Å². The van der Waals surface area contributed by atoms with E-state index in [2.05, 4.69) is 31.7 Å². The molecule has 4 N–H and O–H groups in total. The molecular weight excluding hydrogens is 334 g/mol. The van der Waals surface area contributed by atoms with Gasteiger partial charge in [-0.1, -0.05) is 6.07 Å². The third-order valence-electron chi connectivity index (χ3n) is 2.44. The van der Waals surface area contributed by atoms with Gasteiger partial charge >= 0.3 is 0 Å². The summed E-state index contributed by atoms with van der Waals surface area (Å²) < 4.78 is 27.1. The summed E-state index contributed by atoms with van der Waals surface area (Å²) in [5, 5.41) is 2.26. The second kappa shape index (κ2) is 5.93. The van der Waals surface area contributed by atoms with Gasteiger partial charge in [0, 0.05) is 10.7 Å². The molecule has 0 aliphatic heterocycles. The third kappa shape index (κ3) is 2.91. The second-order valence-corrected chi connectivity index (χ2v) is 4.67. The van der Waals surface area contributed by atoms with Gasteiger partial charge in [0.25, 0.3) is 5.91 Å². The van der Waals surface area contributed by atoms with Crippen LogP contribution in [0.4, 0.5) is 20.3 Å². The van der Waals surface area contributed by atoms with Gasteiger partial charge in [-0.05, 0) is 34.1 Å². The first kappa shape index (κ1) is 14.4. The first-order chi connectivity index (χ1) is 9.52. The smallest absolute Gasteiger partial charge is 0.259 e. The summed E-state index contributed by atoms with van der Waals surface area (Å²) in [6.07, 6.45) is 1.44. The zero-order chi connectivity index (χ0) is 14.7. The number of rotatable bonds is 3. The number of hydrazine groups is 1. The van der Waals surface area contributed by atoms with E-state index < -0.39 is 17.5 Å². The van der Waals surface area contributed by atoms with Crippen molar-refractivity contribution in [3.8, 4) is 0 Å². The molecule has 0 saturated heterocycles. The predicted octanol–water partition coefficient (Wildman–Crippen LogP) is 2.66. The molecule has 0 bridgehead atoms. The Balaban J connectivity index is 2.33. The summed E-state index contributed by atoms with van der Waals surface area (Å²) in [6.45, 7) is 0. The molecular formula is C12H9BrF2N4O. The molecule has 8 heteroatoms. The highest BCUT2D eigenvalue weighted by Gasteiger charge is 2.16. The zero-order valence-electron chi connectivity index (χ0n) is 9.95. The van der Waals surface area contributed by atoms with Gasteiger partial charge in [-0.15, -0.1) is 0 Å². The molecule has 0 atom stereocenters. The standard InChI is InChI=1S/C12H9BrF2N4O/c13-6-4-7(11(19-16)17-5-6)12(20)18-9-3-1-2-8(14)10(9)15/h1-5H,16H2,(H,17,19)(H,18,20). The fraction of sp³-hybridized carbons (Fsp3) is 0. The first-order valence-electron chi connectivity index (χ1n) is 5.40. The lowest BCUT2D eigenvalue weighted by molar-refractivity contribution is 0.102. The van der Waals surface area contributed by atoms with Crippen LogP contribution in [0, 0.1) is 11.6 Å². The second-order valence-electron chi connectivity index (χ2n) is 3.75. The summed E-state index contributed by atoms with van der Waals surface area (Å²) >= 11 is 3.16. The number of benzene rings is 1. The molecule has 0 radical (unpaired) electrons. The topological polar surface area (TPSA) is 80.0 Å². The summed E-state index contributed by atoms with van der Waals surface area (Å²) in [6, 6.07) is 4.94. The molecule has 2 rings (SSSR count). The average molecular weight is 343 g/mol. The molecule has 0 aliphatic carbocycles.